The first kappa shape index (κ1) is 28.2. The van der Waals surface area contributed by atoms with Crippen molar-refractivity contribution in [3.63, 3.8) is 0 Å². The van der Waals surface area contributed by atoms with Crippen LogP contribution in [0.4, 0.5) is 0 Å². The lowest BCUT2D eigenvalue weighted by Crippen LogP contribution is -2.30. The van der Waals surface area contributed by atoms with E-state index in [4.69, 9.17) is 0 Å². The van der Waals surface area contributed by atoms with Crippen LogP contribution in [-0.4, -0.2) is 9.97 Å². The van der Waals surface area contributed by atoms with E-state index in [-0.39, 0.29) is 0 Å². The Morgan fingerprint density at radius 1 is 0.255 bits per heavy atom. The Kier molecular flexibility index (Phi) is 5.91. The predicted molar refractivity (Wildman–Crippen MR) is 213 cm³/mol. The molecule has 2 heterocycles. The number of H-pyrrole nitrogens is 2. The first-order chi connectivity index (χ1) is 25.3. The zero-order valence-electron chi connectivity index (χ0n) is 27.8. The number of rotatable bonds is 4. The highest BCUT2D eigenvalue weighted by Crippen LogP contribution is 2.59. The van der Waals surface area contributed by atoms with Crippen molar-refractivity contribution in [1.29, 1.82) is 0 Å². The molecule has 0 fully saturated rings. The number of benzene rings is 8. The Labute approximate surface area is 295 Å². The summed E-state index contributed by atoms with van der Waals surface area (Å²) in [6, 6.07) is 67.2. The average Bonchev–Trinajstić information content (AvgIpc) is 3.87. The van der Waals surface area contributed by atoms with E-state index in [1.807, 2.05) is 0 Å². The number of hydrogen-bond acceptors (Lipinski definition) is 0. The Morgan fingerprint density at radius 2 is 0.549 bits per heavy atom. The minimum Gasteiger partial charge on any atom is -0.354 e. The summed E-state index contributed by atoms with van der Waals surface area (Å²) in [6.45, 7) is 0. The molecule has 0 amide bonds. The molecule has 8 aromatic carbocycles. The monoisotopic (exact) mass is 648 g/mol. The zero-order chi connectivity index (χ0) is 33.5. The van der Waals surface area contributed by atoms with Gasteiger partial charge in [0.1, 0.15) is 0 Å². The molecular weight excluding hydrogens is 617 g/mol. The highest BCUT2D eigenvalue weighted by molar-refractivity contribution is 6.16. The van der Waals surface area contributed by atoms with Crippen LogP contribution in [0.25, 0.3) is 77.0 Å². The van der Waals surface area contributed by atoms with Crippen LogP contribution in [0, 0.1) is 0 Å². The molecule has 11 rings (SSSR count). The van der Waals surface area contributed by atoms with Gasteiger partial charge in [-0.15, -0.1) is 0 Å². The fraction of sp³-hybridized carbons (Fsp3) is 0.0204. The Balaban J connectivity index is 1.31. The van der Waals surface area contributed by atoms with Gasteiger partial charge in [-0.25, -0.2) is 0 Å². The number of para-hydroxylation sites is 2. The second kappa shape index (κ2) is 10.7. The molecule has 1 aliphatic carbocycles. The second-order valence-electron chi connectivity index (χ2n) is 13.7. The summed E-state index contributed by atoms with van der Waals surface area (Å²) in [4.78, 5) is 7.41. The molecule has 2 heteroatoms. The molecule has 0 saturated heterocycles. The molecule has 0 aliphatic heterocycles. The van der Waals surface area contributed by atoms with Gasteiger partial charge >= 0.3 is 0 Å². The van der Waals surface area contributed by atoms with E-state index in [2.05, 4.69) is 192 Å². The zero-order valence-corrected chi connectivity index (χ0v) is 27.8. The summed E-state index contributed by atoms with van der Waals surface area (Å²) in [6.07, 6.45) is 0. The average molecular weight is 649 g/mol. The fourth-order valence-electron chi connectivity index (χ4n) is 9.30. The van der Waals surface area contributed by atoms with Crippen LogP contribution in [0.3, 0.4) is 0 Å². The third kappa shape index (κ3) is 3.82. The summed E-state index contributed by atoms with van der Waals surface area (Å²) in [7, 11) is 0. The lowest BCUT2D eigenvalue weighted by atomic mass is 9.64. The molecular formula is C49H32N2. The lowest BCUT2D eigenvalue weighted by Gasteiger charge is -2.37. The molecule has 2 aromatic heterocycles. The smallest absolute Gasteiger partial charge is 0.0725 e. The summed E-state index contributed by atoms with van der Waals surface area (Å²) in [5.74, 6) is 0. The van der Waals surface area contributed by atoms with Crippen molar-refractivity contribution < 1.29 is 0 Å². The van der Waals surface area contributed by atoms with Crippen LogP contribution in [0.5, 0.6) is 0 Å². The van der Waals surface area contributed by atoms with Gasteiger partial charge in [0.2, 0.25) is 0 Å². The minimum absolute atomic E-state index is 0.608. The molecule has 0 atom stereocenters. The summed E-state index contributed by atoms with van der Waals surface area (Å²) < 4.78 is 0. The topological polar surface area (TPSA) is 31.6 Å². The third-order valence-electron chi connectivity index (χ3n) is 11.3. The van der Waals surface area contributed by atoms with Crippen molar-refractivity contribution in [2.75, 3.05) is 0 Å². The van der Waals surface area contributed by atoms with Crippen LogP contribution in [0.15, 0.2) is 182 Å². The number of fused-ring (bicyclic) bond motifs is 9. The van der Waals surface area contributed by atoms with E-state index < -0.39 is 5.41 Å². The highest BCUT2D eigenvalue weighted by Gasteiger charge is 2.48. The van der Waals surface area contributed by atoms with E-state index in [1.165, 1.54) is 77.2 Å². The van der Waals surface area contributed by atoms with Crippen LogP contribution in [0.1, 0.15) is 22.3 Å². The van der Waals surface area contributed by atoms with Crippen molar-refractivity contribution in [1.82, 2.24) is 9.97 Å². The van der Waals surface area contributed by atoms with Crippen molar-refractivity contribution in [2.24, 2.45) is 0 Å². The first-order valence-electron chi connectivity index (χ1n) is 17.7. The van der Waals surface area contributed by atoms with Crippen molar-refractivity contribution in [3.8, 4) is 33.4 Å². The predicted octanol–water partition coefficient (Wildman–Crippen LogP) is 12.7. The molecule has 2 nitrogen and oxygen atoms in total. The van der Waals surface area contributed by atoms with Crippen LogP contribution >= 0.6 is 0 Å². The van der Waals surface area contributed by atoms with E-state index in [0.29, 0.717) is 0 Å². The van der Waals surface area contributed by atoms with Crippen LogP contribution in [0.2, 0.25) is 0 Å². The molecule has 0 bridgehead atoms. The quantitative estimate of drug-likeness (QED) is 0.190. The maximum absolute atomic E-state index is 3.71. The Hall–Kier alpha value is -6.64. The fourth-order valence-corrected chi connectivity index (χ4v) is 9.30. The minimum atomic E-state index is -0.608. The molecule has 238 valence electrons. The van der Waals surface area contributed by atoms with Crippen LogP contribution < -0.4 is 0 Å². The molecule has 0 radical (unpaired) electrons. The maximum Gasteiger partial charge on any atom is 0.0725 e. The summed E-state index contributed by atoms with van der Waals surface area (Å²) >= 11 is 0. The number of hydrogen-bond donors (Lipinski definition) is 2. The number of aromatic nitrogens is 2. The van der Waals surface area contributed by atoms with Crippen LogP contribution in [-0.2, 0) is 5.41 Å². The standard InChI is InChI=1S/C49H32N2/c1-7-23-39-31(15-1)32-16-2-8-24-40(32)49(39,41-25-9-3-17-33(41)35-21-13-29-45-47(35)37-19-5-11-27-43(37)50-45)42-26-10-4-18-34(42)36-22-14-30-46-48(36)38-20-6-12-28-44(38)51-46/h1-30,50-51H. The van der Waals surface area contributed by atoms with Gasteiger partial charge in [0.05, 0.1) is 5.41 Å². The van der Waals surface area contributed by atoms with Gasteiger partial charge in [0.15, 0.2) is 0 Å². The Bertz CT molecular complexity index is 2790. The largest absolute Gasteiger partial charge is 0.354 e. The van der Waals surface area contributed by atoms with Gasteiger partial charge in [-0.3, -0.25) is 0 Å². The lowest BCUT2D eigenvalue weighted by molar-refractivity contribution is 0.773. The highest BCUT2D eigenvalue weighted by atomic mass is 14.7. The van der Waals surface area contributed by atoms with Gasteiger partial charge in [-0.05, 0) is 79.9 Å². The molecule has 0 spiro atoms. The van der Waals surface area contributed by atoms with E-state index in [0.717, 1.165) is 22.1 Å². The molecule has 2 N–H and O–H groups in total. The first-order valence-corrected chi connectivity index (χ1v) is 17.7. The van der Waals surface area contributed by atoms with Gasteiger partial charge in [0.25, 0.3) is 0 Å². The number of aromatic amines is 2. The molecule has 10 aromatic rings. The van der Waals surface area contributed by atoms with E-state index >= 15 is 0 Å². The molecule has 51 heavy (non-hydrogen) atoms. The van der Waals surface area contributed by atoms with E-state index in [9.17, 15) is 0 Å². The maximum atomic E-state index is 3.71. The normalized spacial score (nSPS) is 13.3. The van der Waals surface area contributed by atoms with Gasteiger partial charge in [0, 0.05) is 43.6 Å². The van der Waals surface area contributed by atoms with E-state index in [1.54, 1.807) is 0 Å². The summed E-state index contributed by atoms with van der Waals surface area (Å²) in [5, 5.41) is 5.00. The van der Waals surface area contributed by atoms with Gasteiger partial charge in [-0.2, -0.15) is 0 Å². The van der Waals surface area contributed by atoms with Crippen molar-refractivity contribution in [2.45, 2.75) is 5.41 Å². The molecule has 0 unspecified atom stereocenters. The molecule has 0 saturated carbocycles. The SMILES string of the molecule is c1ccc2c(c1)-c1ccccc1C2(c1ccccc1-c1cccc2[nH]c3ccccc3c12)c1ccccc1-c1cccc2[nH]c3ccccc3c12. The Morgan fingerprint density at radius 3 is 0.961 bits per heavy atom. The summed E-state index contributed by atoms with van der Waals surface area (Å²) in [5.41, 5.74) is 16.7. The van der Waals surface area contributed by atoms with Crippen molar-refractivity contribution >= 4 is 43.6 Å². The number of nitrogens with one attached hydrogen (secondary N) is 2. The van der Waals surface area contributed by atoms with Crippen molar-refractivity contribution in [3.05, 3.63) is 204 Å². The second-order valence-corrected chi connectivity index (χ2v) is 13.7. The van der Waals surface area contributed by atoms with Gasteiger partial charge < -0.3 is 9.97 Å². The third-order valence-corrected chi connectivity index (χ3v) is 11.3. The molecule has 1 aliphatic rings. The van der Waals surface area contributed by atoms with Gasteiger partial charge in [-0.1, -0.05) is 158 Å².